The Labute approximate surface area is 336 Å². The van der Waals surface area contributed by atoms with E-state index in [1.165, 1.54) is 0 Å². The van der Waals surface area contributed by atoms with Gasteiger partial charge >= 0.3 is 0 Å². The number of nitrogens with zero attached hydrogens (tertiary/aromatic N) is 2. The molecular formula is C41H53N11O6. The molecule has 3 atom stereocenters. The largest absolute Gasteiger partial charge is 0.394 e. The molecule has 1 aromatic heterocycles. The van der Waals surface area contributed by atoms with Crippen molar-refractivity contribution in [3.05, 3.63) is 90.0 Å². The normalized spacial score (nSPS) is 12.5. The number of anilines is 2. The number of nitrogens with two attached hydrogens (primary N) is 4. The van der Waals surface area contributed by atoms with Crippen LogP contribution in [0.5, 0.6) is 0 Å². The van der Waals surface area contributed by atoms with Crippen LogP contribution >= 0.6 is 0 Å². The molecule has 0 unspecified atom stereocenters. The van der Waals surface area contributed by atoms with Crippen LogP contribution in [0.3, 0.4) is 0 Å². The molecule has 14 N–H and O–H groups in total. The fourth-order valence-electron chi connectivity index (χ4n) is 5.99. The maximum absolute atomic E-state index is 13.7. The summed E-state index contributed by atoms with van der Waals surface area (Å²) >= 11 is 0. The summed E-state index contributed by atoms with van der Waals surface area (Å²) in [5.41, 5.74) is 26.1. The Morgan fingerprint density at radius 1 is 0.828 bits per heavy atom. The molecule has 58 heavy (non-hydrogen) atoms. The van der Waals surface area contributed by atoms with E-state index in [2.05, 4.69) is 31.6 Å². The van der Waals surface area contributed by atoms with Gasteiger partial charge in [0.05, 0.1) is 29.1 Å². The Kier molecular flexibility index (Phi) is 16.5. The number of aromatic nitrogens is 1. The fraction of sp³-hybridized carbons (Fsp3) is 0.341. The number of aliphatic hydroxyl groups excluding tert-OH is 1. The van der Waals surface area contributed by atoms with Crippen LogP contribution in [0.2, 0.25) is 0 Å². The summed E-state index contributed by atoms with van der Waals surface area (Å²) in [7, 11) is 0. The number of nitrogens with one attached hydrogen (secondary N) is 5. The minimum absolute atomic E-state index is 0.0715. The third kappa shape index (κ3) is 12.7. The number of rotatable bonds is 21. The predicted octanol–water partition coefficient (Wildman–Crippen LogP) is 1.26. The van der Waals surface area contributed by atoms with Crippen molar-refractivity contribution in [1.82, 2.24) is 26.3 Å². The van der Waals surface area contributed by atoms with E-state index in [-0.39, 0.29) is 43.4 Å². The summed E-state index contributed by atoms with van der Waals surface area (Å²) in [6, 6.07) is 20.8. The number of carbonyl (C=O) groups excluding carboxylic acids is 5. The highest BCUT2D eigenvalue weighted by Gasteiger charge is 2.28. The monoisotopic (exact) mass is 795 g/mol. The van der Waals surface area contributed by atoms with E-state index in [1.54, 1.807) is 26.0 Å². The van der Waals surface area contributed by atoms with Crippen LogP contribution in [0.1, 0.15) is 55.5 Å². The van der Waals surface area contributed by atoms with Crippen LogP contribution in [-0.4, -0.2) is 83.4 Å². The third-order valence-electron chi connectivity index (χ3n) is 9.14. The standard InChI is InChI=1S/C41H53N11O6/c1-24(2)35(52-39(57)33(23-53)49-34(54)14-7-19-42)40(58)47-22-25-15-17-27(18-16-25)48-32-21-31(26-9-4-3-5-10-26)50-36-28(32)11-6-12-29(36)38(56)51-30(37(43)55)13-8-20-46-41(44)45/h3-6,9-12,15-18,21,24,30,33,35,53H,7-8,13-14,19-20,22-23,42H2,1-2H3,(H2,43,55)(H,47,58)(H,48,50)(H,49,54)(H,51,56)(H,52,57)(H4,44,45,46)/t30-,33-,35-/m0/s1. The van der Waals surface area contributed by atoms with Crippen molar-refractivity contribution in [3.8, 4) is 11.3 Å². The number of hydrogen-bond donors (Lipinski definition) is 10. The van der Waals surface area contributed by atoms with Crippen molar-refractivity contribution in [2.45, 2.75) is 64.2 Å². The van der Waals surface area contributed by atoms with Gasteiger partial charge in [-0.15, -0.1) is 0 Å². The number of primary amides is 1. The predicted molar refractivity (Wildman–Crippen MR) is 223 cm³/mol. The number of carbonyl (C=O) groups is 5. The van der Waals surface area contributed by atoms with Crippen LogP contribution in [0.25, 0.3) is 22.2 Å². The lowest BCUT2D eigenvalue weighted by atomic mass is 10.0. The average molecular weight is 796 g/mol. The van der Waals surface area contributed by atoms with Gasteiger partial charge in [-0.1, -0.05) is 68.4 Å². The van der Waals surface area contributed by atoms with Crippen LogP contribution in [0.4, 0.5) is 11.4 Å². The average Bonchev–Trinajstić information content (AvgIpc) is 3.21. The molecule has 4 rings (SSSR count). The molecule has 0 bridgehead atoms. The number of hydrogen-bond acceptors (Lipinski definition) is 10. The Hall–Kier alpha value is -6.59. The fourth-order valence-corrected chi connectivity index (χ4v) is 5.99. The summed E-state index contributed by atoms with van der Waals surface area (Å²) in [5, 5.41) is 24.5. The zero-order chi connectivity index (χ0) is 42.2. The quantitative estimate of drug-likeness (QED) is 0.0325. The summed E-state index contributed by atoms with van der Waals surface area (Å²) < 4.78 is 0. The van der Waals surface area contributed by atoms with Crippen molar-refractivity contribution < 1.29 is 29.1 Å². The number of amides is 5. The second kappa shape index (κ2) is 21.6. The van der Waals surface area contributed by atoms with E-state index in [1.807, 2.05) is 66.7 Å². The smallest absolute Gasteiger partial charge is 0.254 e. The molecule has 0 fully saturated rings. The van der Waals surface area contributed by atoms with E-state index in [9.17, 15) is 29.1 Å². The van der Waals surface area contributed by atoms with Gasteiger partial charge in [0.1, 0.15) is 18.1 Å². The highest BCUT2D eigenvalue weighted by molar-refractivity contribution is 6.10. The van der Waals surface area contributed by atoms with Gasteiger partial charge in [0.15, 0.2) is 5.96 Å². The van der Waals surface area contributed by atoms with Gasteiger partial charge in [-0.25, -0.2) is 4.98 Å². The van der Waals surface area contributed by atoms with E-state index in [0.29, 0.717) is 47.4 Å². The summed E-state index contributed by atoms with van der Waals surface area (Å²) in [4.78, 5) is 73.0. The Morgan fingerprint density at radius 3 is 2.19 bits per heavy atom. The maximum Gasteiger partial charge on any atom is 0.254 e. The Balaban J connectivity index is 1.51. The molecule has 4 aromatic rings. The molecule has 308 valence electrons. The number of aliphatic imine (C=N–C) groups is 1. The molecule has 0 spiro atoms. The topological polar surface area (TPSA) is 295 Å². The molecule has 1 heterocycles. The number of guanidine groups is 1. The molecule has 0 saturated carbocycles. The molecule has 17 heteroatoms. The summed E-state index contributed by atoms with van der Waals surface area (Å²) in [6.07, 6.45) is 1.19. The molecular weight excluding hydrogens is 743 g/mol. The maximum atomic E-state index is 13.7. The highest BCUT2D eigenvalue weighted by Crippen LogP contribution is 2.32. The van der Waals surface area contributed by atoms with Gasteiger partial charge in [-0.2, -0.15) is 0 Å². The van der Waals surface area contributed by atoms with Crippen molar-refractivity contribution in [3.63, 3.8) is 0 Å². The third-order valence-corrected chi connectivity index (χ3v) is 9.14. The van der Waals surface area contributed by atoms with E-state index >= 15 is 0 Å². The second-order valence-electron chi connectivity index (χ2n) is 14.0. The van der Waals surface area contributed by atoms with Crippen molar-refractivity contribution >= 4 is 57.8 Å². The lowest BCUT2D eigenvalue weighted by molar-refractivity contribution is -0.133. The first kappa shape index (κ1) is 44.1. The first-order chi connectivity index (χ1) is 27.8. The lowest BCUT2D eigenvalue weighted by Gasteiger charge is -2.24. The first-order valence-electron chi connectivity index (χ1n) is 19.0. The zero-order valence-corrected chi connectivity index (χ0v) is 32.7. The molecule has 17 nitrogen and oxygen atoms in total. The van der Waals surface area contributed by atoms with Gasteiger partial charge in [0.2, 0.25) is 23.6 Å². The van der Waals surface area contributed by atoms with E-state index < -0.39 is 54.3 Å². The molecule has 0 radical (unpaired) electrons. The van der Waals surface area contributed by atoms with Crippen molar-refractivity contribution in [1.29, 1.82) is 0 Å². The van der Waals surface area contributed by atoms with Crippen LogP contribution in [0.15, 0.2) is 83.9 Å². The first-order valence-corrected chi connectivity index (χ1v) is 19.0. The molecule has 0 aliphatic carbocycles. The summed E-state index contributed by atoms with van der Waals surface area (Å²) in [6.45, 7) is 3.66. The van der Waals surface area contributed by atoms with Crippen LogP contribution in [0, 0.1) is 5.92 Å². The molecule has 3 aromatic carbocycles. The van der Waals surface area contributed by atoms with Gasteiger partial charge in [-0.3, -0.25) is 29.0 Å². The van der Waals surface area contributed by atoms with Gasteiger partial charge in [0, 0.05) is 36.1 Å². The van der Waals surface area contributed by atoms with Crippen molar-refractivity contribution in [2.75, 3.05) is 25.0 Å². The van der Waals surface area contributed by atoms with E-state index in [4.69, 9.17) is 27.9 Å². The lowest BCUT2D eigenvalue weighted by Crippen LogP contribution is -2.56. The van der Waals surface area contributed by atoms with Gasteiger partial charge < -0.3 is 54.6 Å². The summed E-state index contributed by atoms with van der Waals surface area (Å²) in [5.74, 6) is -3.11. The highest BCUT2D eigenvalue weighted by atomic mass is 16.3. The van der Waals surface area contributed by atoms with Gasteiger partial charge in [0.25, 0.3) is 5.91 Å². The Bertz CT molecular complexity index is 2070. The molecule has 0 aliphatic rings. The minimum atomic E-state index is -1.21. The number of fused-ring (bicyclic) bond motifs is 1. The number of pyridine rings is 1. The second-order valence-corrected chi connectivity index (χ2v) is 14.0. The molecule has 0 aliphatic heterocycles. The zero-order valence-electron chi connectivity index (χ0n) is 32.7. The SMILES string of the molecule is CC(C)[C@H](NC(=O)[C@H](CO)NC(=O)CCCN)C(=O)NCc1ccc(Nc2cc(-c3ccccc3)nc3c(C(=O)N[C@@H](CCCN=C(N)N)C(N)=O)cccc23)cc1. The van der Waals surface area contributed by atoms with E-state index in [0.717, 1.165) is 11.1 Å². The van der Waals surface area contributed by atoms with Crippen molar-refractivity contribution in [2.24, 2.45) is 33.8 Å². The number of benzene rings is 3. The number of para-hydroxylation sites is 1. The van der Waals surface area contributed by atoms with Crippen LogP contribution in [-0.2, 0) is 25.7 Å². The molecule has 0 saturated heterocycles. The van der Waals surface area contributed by atoms with Gasteiger partial charge in [-0.05, 0) is 61.6 Å². The Morgan fingerprint density at radius 2 is 1.55 bits per heavy atom. The minimum Gasteiger partial charge on any atom is -0.394 e. The molecule has 5 amide bonds. The van der Waals surface area contributed by atoms with Crippen LogP contribution < -0.4 is 49.5 Å². The number of aliphatic hydroxyl groups is 1.